The number of hydrogen-bond donors (Lipinski definition) is 1. The van der Waals surface area contributed by atoms with Gasteiger partial charge in [0.05, 0.1) is 4.92 Å². The predicted octanol–water partition coefficient (Wildman–Crippen LogP) is 4.90. The van der Waals surface area contributed by atoms with Gasteiger partial charge in [0.15, 0.2) is 5.03 Å². The summed E-state index contributed by atoms with van der Waals surface area (Å²) in [5.74, 6) is 0.186. The second-order valence-electron chi connectivity index (χ2n) is 5.49. The highest BCUT2D eigenvalue weighted by Crippen LogP contribution is 2.37. The molecule has 1 heterocycles. The van der Waals surface area contributed by atoms with Gasteiger partial charge in [0.2, 0.25) is 5.82 Å². The number of anilines is 2. The topological polar surface area (TPSA) is 81.0 Å². The van der Waals surface area contributed by atoms with Crippen LogP contribution >= 0.6 is 11.8 Å². The molecule has 0 saturated heterocycles. The van der Waals surface area contributed by atoms with Crippen molar-refractivity contribution in [3.8, 4) is 0 Å². The first-order chi connectivity index (χ1) is 12.0. The third-order valence-electron chi connectivity index (χ3n) is 3.56. The van der Waals surface area contributed by atoms with E-state index in [1.165, 1.54) is 18.1 Å². The van der Waals surface area contributed by atoms with Gasteiger partial charge in [-0.3, -0.25) is 10.1 Å². The summed E-state index contributed by atoms with van der Waals surface area (Å²) < 4.78 is 0. The molecular formula is C18H16N4O2S. The van der Waals surface area contributed by atoms with Crippen LogP contribution in [0.3, 0.4) is 0 Å². The first-order valence-corrected chi connectivity index (χ1v) is 8.43. The quantitative estimate of drug-likeness (QED) is 0.400. The fourth-order valence-electron chi connectivity index (χ4n) is 2.37. The van der Waals surface area contributed by atoms with Crippen molar-refractivity contribution in [1.82, 2.24) is 9.97 Å². The number of benzene rings is 2. The Labute approximate surface area is 149 Å². The molecule has 0 radical (unpaired) electrons. The van der Waals surface area contributed by atoms with Crippen molar-refractivity contribution in [1.29, 1.82) is 0 Å². The average Bonchev–Trinajstić information content (AvgIpc) is 2.58. The van der Waals surface area contributed by atoms with E-state index < -0.39 is 4.92 Å². The molecule has 2 aromatic carbocycles. The molecule has 6 nitrogen and oxygen atoms in total. The van der Waals surface area contributed by atoms with Gasteiger partial charge in [-0.15, -0.1) is 0 Å². The van der Waals surface area contributed by atoms with Crippen molar-refractivity contribution >= 4 is 29.0 Å². The lowest BCUT2D eigenvalue weighted by Crippen LogP contribution is -2.03. The van der Waals surface area contributed by atoms with Crippen LogP contribution in [-0.2, 0) is 0 Å². The summed E-state index contributed by atoms with van der Waals surface area (Å²) >= 11 is 1.24. The Morgan fingerprint density at radius 1 is 1.08 bits per heavy atom. The molecule has 0 bridgehead atoms. The number of nitrogens with zero attached hydrogens (tertiary/aromatic N) is 3. The van der Waals surface area contributed by atoms with Crippen LogP contribution in [0.2, 0.25) is 0 Å². The summed E-state index contributed by atoms with van der Waals surface area (Å²) in [6, 6.07) is 15.3. The molecule has 1 aromatic heterocycles. The minimum atomic E-state index is -0.447. The molecule has 0 spiro atoms. The van der Waals surface area contributed by atoms with E-state index in [-0.39, 0.29) is 11.5 Å². The van der Waals surface area contributed by atoms with Crippen LogP contribution in [0.1, 0.15) is 11.1 Å². The molecule has 0 aliphatic rings. The fraction of sp³-hybridized carbons (Fsp3) is 0.111. The van der Waals surface area contributed by atoms with Crippen LogP contribution in [0.25, 0.3) is 0 Å². The van der Waals surface area contributed by atoms with Gasteiger partial charge in [-0.2, -0.15) is 0 Å². The number of nitro groups is 1. The molecule has 0 saturated carbocycles. The highest BCUT2D eigenvalue weighted by molar-refractivity contribution is 7.99. The minimum absolute atomic E-state index is 0.128. The van der Waals surface area contributed by atoms with Crippen LogP contribution in [0.5, 0.6) is 0 Å². The van der Waals surface area contributed by atoms with Gasteiger partial charge >= 0.3 is 5.69 Å². The van der Waals surface area contributed by atoms with Gasteiger partial charge in [0.25, 0.3) is 0 Å². The maximum Gasteiger partial charge on any atom is 0.343 e. The predicted molar refractivity (Wildman–Crippen MR) is 98.5 cm³/mol. The molecule has 0 amide bonds. The van der Waals surface area contributed by atoms with Crippen LogP contribution in [0.4, 0.5) is 17.2 Å². The highest BCUT2D eigenvalue weighted by atomic mass is 32.2. The molecule has 25 heavy (non-hydrogen) atoms. The maximum atomic E-state index is 11.6. The number of hydrogen-bond acceptors (Lipinski definition) is 6. The zero-order valence-corrected chi connectivity index (χ0v) is 14.6. The molecule has 0 atom stereocenters. The first-order valence-electron chi connectivity index (χ1n) is 7.61. The molecular weight excluding hydrogens is 336 g/mol. The molecule has 3 rings (SSSR count). The van der Waals surface area contributed by atoms with Crippen molar-refractivity contribution in [3.05, 3.63) is 76.1 Å². The molecule has 1 N–H and O–H groups in total. The van der Waals surface area contributed by atoms with E-state index >= 15 is 0 Å². The molecule has 0 fully saturated rings. The Bertz CT molecular complexity index is 916. The average molecular weight is 352 g/mol. The Hall–Kier alpha value is -2.93. The van der Waals surface area contributed by atoms with E-state index in [2.05, 4.69) is 15.3 Å². The number of aromatic nitrogens is 2. The van der Waals surface area contributed by atoms with Gasteiger partial charge in [-0.1, -0.05) is 47.7 Å². The normalized spacial score (nSPS) is 10.5. The second kappa shape index (κ2) is 7.31. The van der Waals surface area contributed by atoms with Crippen LogP contribution in [0, 0.1) is 24.0 Å². The van der Waals surface area contributed by atoms with E-state index in [1.54, 1.807) is 0 Å². The molecule has 0 unspecified atom stereocenters. The summed E-state index contributed by atoms with van der Waals surface area (Å²) in [7, 11) is 0. The lowest BCUT2D eigenvalue weighted by atomic mass is 10.1. The monoisotopic (exact) mass is 352 g/mol. The van der Waals surface area contributed by atoms with Crippen molar-refractivity contribution in [2.45, 2.75) is 23.8 Å². The van der Waals surface area contributed by atoms with Crippen molar-refractivity contribution in [2.75, 3.05) is 5.32 Å². The van der Waals surface area contributed by atoms with Crippen LogP contribution in [-0.4, -0.2) is 14.9 Å². The van der Waals surface area contributed by atoms with Gasteiger partial charge in [-0.25, -0.2) is 9.97 Å². The van der Waals surface area contributed by atoms with E-state index in [9.17, 15) is 10.1 Å². The summed E-state index contributed by atoms with van der Waals surface area (Å²) in [4.78, 5) is 20.3. The Morgan fingerprint density at radius 2 is 1.84 bits per heavy atom. The zero-order chi connectivity index (χ0) is 17.8. The fourth-order valence-corrected chi connectivity index (χ4v) is 3.26. The van der Waals surface area contributed by atoms with Gasteiger partial charge in [0, 0.05) is 10.6 Å². The van der Waals surface area contributed by atoms with Crippen LogP contribution < -0.4 is 5.32 Å². The second-order valence-corrected chi connectivity index (χ2v) is 6.55. The van der Waals surface area contributed by atoms with E-state index in [1.807, 2.05) is 62.4 Å². The van der Waals surface area contributed by atoms with Gasteiger partial charge in [0.1, 0.15) is 6.33 Å². The Morgan fingerprint density at radius 3 is 2.52 bits per heavy atom. The van der Waals surface area contributed by atoms with E-state index in [4.69, 9.17) is 0 Å². The summed E-state index contributed by atoms with van der Waals surface area (Å²) in [6.07, 6.45) is 1.34. The van der Waals surface area contributed by atoms with Gasteiger partial charge in [-0.05, 0) is 37.6 Å². The highest BCUT2D eigenvalue weighted by Gasteiger charge is 2.24. The smallest absolute Gasteiger partial charge is 0.334 e. The van der Waals surface area contributed by atoms with E-state index in [0.29, 0.717) is 5.03 Å². The molecule has 126 valence electrons. The Kier molecular flexibility index (Phi) is 4.95. The zero-order valence-electron chi connectivity index (χ0n) is 13.8. The first kappa shape index (κ1) is 16.9. The Balaban J connectivity index is 1.99. The number of rotatable bonds is 5. The van der Waals surface area contributed by atoms with Crippen molar-refractivity contribution in [3.63, 3.8) is 0 Å². The summed E-state index contributed by atoms with van der Waals surface area (Å²) in [5, 5.41) is 15.0. The summed E-state index contributed by atoms with van der Waals surface area (Å²) in [5.41, 5.74) is 2.77. The molecule has 0 aliphatic heterocycles. The molecule has 0 aliphatic carbocycles. The summed E-state index contributed by atoms with van der Waals surface area (Å²) in [6.45, 7) is 3.94. The van der Waals surface area contributed by atoms with Crippen molar-refractivity contribution < 1.29 is 4.92 Å². The third kappa shape index (κ3) is 3.95. The number of nitrogens with one attached hydrogen (secondary N) is 1. The standard InChI is InChI=1S/C18H16N4O2S/c1-12-8-9-15(13(2)10-12)21-17-16(22(23)24)18(20-11-19-17)25-14-6-4-3-5-7-14/h3-11H,1-2H3,(H,19,20,21). The molecule has 3 aromatic rings. The third-order valence-corrected chi connectivity index (χ3v) is 4.56. The minimum Gasteiger partial charge on any atom is -0.334 e. The van der Waals surface area contributed by atoms with Crippen LogP contribution in [0.15, 0.2) is 64.8 Å². The van der Waals surface area contributed by atoms with Gasteiger partial charge < -0.3 is 5.32 Å². The molecule has 7 heteroatoms. The van der Waals surface area contributed by atoms with Crippen molar-refractivity contribution in [2.24, 2.45) is 0 Å². The lowest BCUT2D eigenvalue weighted by Gasteiger charge is -2.11. The largest absolute Gasteiger partial charge is 0.343 e. The maximum absolute atomic E-state index is 11.6. The lowest BCUT2D eigenvalue weighted by molar-refractivity contribution is -0.387. The SMILES string of the molecule is Cc1ccc(Nc2ncnc(Sc3ccccc3)c2[N+](=O)[O-])c(C)c1. The van der Waals surface area contributed by atoms with E-state index in [0.717, 1.165) is 21.7 Å². The number of aryl methyl sites for hydroxylation is 2.